The summed E-state index contributed by atoms with van der Waals surface area (Å²) in [4.78, 5) is 3.29. The van der Waals surface area contributed by atoms with Crippen molar-refractivity contribution in [1.82, 2.24) is 0 Å². The lowest BCUT2D eigenvalue weighted by Crippen LogP contribution is -2.22. The number of diazo groups is 1. The van der Waals surface area contributed by atoms with Crippen molar-refractivity contribution in [1.29, 1.82) is 5.39 Å². The predicted molar refractivity (Wildman–Crippen MR) is 71.4 cm³/mol. The maximum absolute atomic E-state index is 8.99. The lowest BCUT2D eigenvalue weighted by Gasteiger charge is -2.23. The molecule has 1 aromatic rings. The van der Waals surface area contributed by atoms with Gasteiger partial charge in [0.05, 0.1) is 5.02 Å². The Morgan fingerprint density at radius 1 is 1.29 bits per heavy atom. The minimum Gasteiger partial charge on any atom is -0.375 e. The van der Waals surface area contributed by atoms with Gasteiger partial charge in [-0.3, -0.25) is 0 Å². The summed E-state index contributed by atoms with van der Waals surface area (Å²) in [5.74, 6) is 0. The largest absolute Gasteiger partial charge is 0.409 e. The Kier molecular flexibility index (Phi) is 3.86. The van der Waals surface area contributed by atoms with E-state index in [2.05, 4.69) is 10.3 Å². The maximum Gasteiger partial charge on any atom is 0.409 e. The lowest BCUT2D eigenvalue weighted by molar-refractivity contribution is 0.463. The monoisotopic (exact) mass is 250 g/mol. The Morgan fingerprint density at radius 3 is 2.65 bits per heavy atom. The minimum atomic E-state index is 0.448. The first kappa shape index (κ1) is 12.2. The second-order valence-electron chi connectivity index (χ2n) is 4.67. The van der Waals surface area contributed by atoms with Crippen molar-refractivity contribution in [3.05, 3.63) is 27.7 Å². The molecule has 1 saturated carbocycles. The third kappa shape index (κ3) is 2.70. The molecule has 1 aliphatic rings. The first-order chi connectivity index (χ1) is 8.22. The summed E-state index contributed by atoms with van der Waals surface area (Å²) in [6.07, 6.45) is 6.15. The van der Waals surface area contributed by atoms with E-state index in [9.17, 15) is 0 Å². The third-order valence-electron chi connectivity index (χ3n) is 3.37. The van der Waals surface area contributed by atoms with Crippen molar-refractivity contribution >= 4 is 23.0 Å². The molecule has 2 rings (SSSR count). The smallest absolute Gasteiger partial charge is 0.375 e. The third-order valence-corrected chi connectivity index (χ3v) is 3.86. The number of benzene rings is 1. The molecule has 0 amide bonds. The molecule has 1 N–H and O–H groups in total. The zero-order chi connectivity index (χ0) is 12.3. The van der Waals surface area contributed by atoms with Crippen molar-refractivity contribution in [3.8, 4) is 0 Å². The fourth-order valence-electron chi connectivity index (χ4n) is 2.34. The SMILES string of the molecule is Cc1ccc([N+]#N)c(NC2CCCCC2)c1Cl. The molecule has 0 unspecified atom stereocenters. The Balaban J connectivity index is 2.24. The summed E-state index contributed by atoms with van der Waals surface area (Å²) in [6, 6.07) is 4.10. The van der Waals surface area contributed by atoms with Crippen LogP contribution in [0.4, 0.5) is 11.4 Å². The van der Waals surface area contributed by atoms with E-state index in [1.54, 1.807) is 6.07 Å². The van der Waals surface area contributed by atoms with Gasteiger partial charge in [-0.25, -0.2) is 0 Å². The van der Waals surface area contributed by atoms with Crippen molar-refractivity contribution in [2.45, 2.75) is 45.1 Å². The van der Waals surface area contributed by atoms with Crippen LogP contribution in [0.15, 0.2) is 12.1 Å². The standard InChI is InChI=1S/C13H17ClN3/c1-9-7-8-11(17-15)13(12(9)14)16-10-5-3-2-4-6-10/h7-8,10,16H,2-6H2,1H3/q+1. The van der Waals surface area contributed by atoms with Gasteiger partial charge in [0.2, 0.25) is 5.39 Å². The minimum absolute atomic E-state index is 0.448. The number of hydrogen-bond acceptors (Lipinski definition) is 2. The van der Waals surface area contributed by atoms with Gasteiger partial charge in [0.1, 0.15) is 0 Å². The van der Waals surface area contributed by atoms with Crippen molar-refractivity contribution in [2.24, 2.45) is 0 Å². The van der Waals surface area contributed by atoms with E-state index in [1.807, 2.05) is 13.0 Å². The molecule has 1 fully saturated rings. The maximum atomic E-state index is 8.99. The average Bonchev–Trinajstić information content (AvgIpc) is 2.37. The molecule has 0 atom stereocenters. The van der Waals surface area contributed by atoms with Crippen LogP contribution in [-0.4, -0.2) is 6.04 Å². The fraction of sp³-hybridized carbons (Fsp3) is 0.538. The molecule has 1 aromatic carbocycles. The van der Waals surface area contributed by atoms with E-state index in [4.69, 9.17) is 17.0 Å². The summed E-state index contributed by atoms with van der Waals surface area (Å²) in [7, 11) is 0. The highest BCUT2D eigenvalue weighted by Crippen LogP contribution is 2.37. The van der Waals surface area contributed by atoms with Gasteiger partial charge in [-0.05, 0) is 31.4 Å². The summed E-state index contributed by atoms with van der Waals surface area (Å²) in [6.45, 7) is 1.95. The van der Waals surface area contributed by atoms with Crippen LogP contribution in [0.25, 0.3) is 4.98 Å². The van der Waals surface area contributed by atoms with Gasteiger partial charge in [0.15, 0.2) is 10.7 Å². The van der Waals surface area contributed by atoms with Crippen LogP contribution < -0.4 is 5.32 Å². The molecule has 17 heavy (non-hydrogen) atoms. The number of nitrogens with one attached hydrogen (secondary N) is 1. The van der Waals surface area contributed by atoms with E-state index in [-0.39, 0.29) is 0 Å². The Labute approximate surface area is 107 Å². The van der Waals surface area contributed by atoms with Crippen molar-refractivity contribution < 1.29 is 0 Å². The Hall–Kier alpha value is -1.27. The number of anilines is 1. The lowest BCUT2D eigenvalue weighted by atomic mass is 9.95. The number of halogens is 1. The van der Waals surface area contributed by atoms with Crippen LogP contribution in [0.5, 0.6) is 0 Å². The molecule has 0 spiro atoms. The molecule has 0 saturated heterocycles. The molecule has 0 heterocycles. The van der Waals surface area contributed by atoms with Crippen LogP contribution in [0.1, 0.15) is 37.7 Å². The van der Waals surface area contributed by atoms with Crippen LogP contribution >= 0.6 is 11.6 Å². The number of nitrogens with zero attached hydrogens (tertiary/aromatic N) is 2. The molecule has 3 nitrogen and oxygen atoms in total. The van der Waals surface area contributed by atoms with E-state index in [0.717, 1.165) is 24.1 Å². The normalized spacial score (nSPS) is 16.5. The Morgan fingerprint density at radius 2 is 2.00 bits per heavy atom. The van der Waals surface area contributed by atoms with E-state index in [1.165, 1.54) is 19.3 Å². The molecule has 4 heteroatoms. The predicted octanol–water partition coefficient (Wildman–Crippen LogP) is 4.88. The topological polar surface area (TPSA) is 40.2 Å². The number of aryl methyl sites for hydroxylation is 1. The molecular formula is C13H17ClN3+. The summed E-state index contributed by atoms with van der Waals surface area (Å²) in [5, 5.41) is 13.1. The van der Waals surface area contributed by atoms with Gasteiger partial charge in [-0.2, -0.15) is 0 Å². The quantitative estimate of drug-likeness (QED) is 0.760. The summed E-state index contributed by atoms with van der Waals surface area (Å²) < 4.78 is 0. The van der Waals surface area contributed by atoms with Gasteiger partial charge in [0, 0.05) is 12.1 Å². The van der Waals surface area contributed by atoms with Gasteiger partial charge >= 0.3 is 5.69 Å². The molecule has 0 bridgehead atoms. The molecule has 0 aromatic heterocycles. The van der Waals surface area contributed by atoms with E-state index in [0.29, 0.717) is 16.8 Å². The first-order valence-electron chi connectivity index (χ1n) is 6.13. The number of rotatable bonds is 2. The average molecular weight is 251 g/mol. The fourth-order valence-corrected chi connectivity index (χ4v) is 2.56. The molecule has 1 aliphatic carbocycles. The second kappa shape index (κ2) is 5.37. The van der Waals surface area contributed by atoms with Crippen LogP contribution in [-0.2, 0) is 0 Å². The molecule has 0 radical (unpaired) electrons. The highest BCUT2D eigenvalue weighted by molar-refractivity contribution is 6.34. The van der Waals surface area contributed by atoms with Crippen LogP contribution in [0.2, 0.25) is 5.02 Å². The van der Waals surface area contributed by atoms with Gasteiger partial charge in [-0.1, -0.05) is 30.9 Å². The Bertz CT molecular complexity index is 445. The van der Waals surface area contributed by atoms with Gasteiger partial charge in [0.25, 0.3) is 0 Å². The van der Waals surface area contributed by atoms with Crippen LogP contribution in [0, 0.1) is 12.3 Å². The second-order valence-corrected chi connectivity index (χ2v) is 5.05. The summed E-state index contributed by atoms with van der Waals surface area (Å²) >= 11 is 6.26. The van der Waals surface area contributed by atoms with Crippen molar-refractivity contribution in [3.63, 3.8) is 0 Å². The number of hydrogen-bond donors (Lipinski definition) is 1. The zero-order valence-electron chi connectivity index (χ0n) is 10.0. The summed E-state index contributed by atoms with van der Waals surface area (Å²) in [5.41, 5.74) is 2.28. The molecule has 90 valence electrons. The molecule has 0 aliphatic heterocycles. The van der Waals surface area contributed by atoms with Gasteiger partial charge < -0.3 is 5.32 Å². The zero-order valence-corrected chi connectivity index (χ0v) is 10.8. The van der Waals surface area contributed by atoms with Crippen molar-refractivity contribution in [2.75, 3.05) is 5.32 Å². The molecular weight excluding hydrogens is 234 g/mol. The first-order valence-corrected chi connectivity index (χ1v) is 6.51. The van der Waals surface area contributed by atoms with E-state index < -0.39 is 0 Å². The van der Waals surface area contributed by atoms with Gasteiger partial charge in [-0.15, -0.1) is 0 Å². The van der Waals surface area contributed by atoms with E-state index >= 15 is 0 Å². The highest BCUT2D eigenvalue weighted by Gasteiger charge is 2.22. The highest BCUT2D eigenvalue weighted by atomic mass is 35.5. The van der Waals surface area contributed by atoms with Crippen LogP contribution in [0.3, 0.4) is 0 Å².